The number of ether oxygens (including phenoxy) is 1. The molecule has 0 saturated carbocycles. The third-order valence-corrected chi connectivity index (χ3v) is 4.07. The Morgan fingerprint density at radius 3 is 2.35 bits per heavy atom. The van der Waals surface area contributed by atoms with Gasteiger partial charge in [-0.1, -0.05) is 42.8 Å². The Labute approximate surface area is 138 Å². The monoisotopic (exact) mass is 311 g/mol. The average molecular weight is 311 g/mol. The van der Waals surface area contributed by atoms with Crippen molar-refractivity contribution in [2.24, 2.45) is 0 Å². The van der Waals surface area contributed by atoms with Crippen molar-refractivity contribution in [3.63, 3.8) is 0 Å². The van der Waals surface area contributed by atoms with Gasteiger partial charge >= 0.3 is 0 Å². The molecule has 0 bridgehead atoms. The predicted molar refractivity (Wildman–Crippen MR) is 93.8 cm³/mol. The van der Waals surface area contributed by atoms with E-state index in [0.29, 0.717) is 0 Å². The molecule has 0 heterocycles. The summed E-state index contributed by atoms with van der Waals surface area (Å²) in [5, 5.41) is 3.03. The summed E-state index contributed by atoms with van der Waals surface area (Å²) < 4.78 is 5.59. The van der Waals surface area contributed by atoms with Crippen LogP contribution in [-0.2, 0) is 4.79 Å². The number of benzene rings is 2. The van der Waals surface area contributed by atoms with Gasteiger partial charge in [0.15, 0.2) is 6.61 Å². The van der Waals surface area contributed by atoms with Gasteiger partial charge in [-0.2, -0.15) is 0 Å². The molecule has 0 aliphatic rings. The van der Waals surface area contributed by atoms with E-state index in [2.05, 4.69) is 50.4 Å². The first-order valence-electron chi connectivity index (χ1n) is 8.05. The highest BCUT2D eigenvalue weighted by Crippen LogP contribution is 2.18. The lowest BCUT2D eigenvalue weighted by Gasteiger charge is -2.18. The Morgan fingerprint density at radius 1 is 1.04 bits per heavy atom. The molecule has 122 valence electrons. The number of amides is 1. The van der Waals surface area contributed by atoms with E-state index in [1.54, 1.807) is 0 Å². The minimum atomic E-state index is -0.101. The molecule has 1 atom stereocenters. The van der Waals surface area contributed by atoms with Gasteiger partial charge in [0.1, 0.15) is 5.75 Å². The summed E-state index contributed by atoms with van der Waals surface area (Å²) >= 11 is 0. The third-order valence-electron chi connectivity index (χ3n) is 4.07. The van der Waals surface area contributed by atoms with Crippen molar-refractivity contribution >= 4 is 5.91 Å². The van der Waals surface area contributed by atoms with Crippen LogP contribution >= 0.6 is 0 Å². The fourth-order valence-corrected chi connectivity index (χ4v) is 2.41. The molecule has 0 aromatic heterocycles. The molecule has 0 aliphatic heterocycles. The van der Waals surface area contributed by atoms with Gasteiger partial charge in [-0.15, -0.1) is 0 Å². The fraction of sp³-hybridized carbons (Fsp3) is 0.350. The van der Waals surface area contributed by atoms with Gasteiger partial charge in [0, 0.05) is 0 Å². The van der Waals surface area contributed by atoms with E-state index in [4.69, 9.17) is 4.74 Å². The third kappa shape index (κ3) is 4.85. The zero-order valence-corrected chi connectivity index (χ0v) is 14.3. The van der Waals surface area contributed by atoms with Crippen molar-refractivity contribution in [1.82, 2.24) is 5.32 Å². The predicted octanol–water partition coefficient (Wildman–Crippen LogP) is 4.26. The van der Waals surface area contributed by atoms with E-state index in [1.165, 1.54) is 11.1 Å². The van der Waals surface area contributed by atoms with E-state index in [0.717, 1.165) is 23.3 Å². The van der Waals surface area contributed by atoms with Gasteiger partial charge in [-0.25, -0.2) is 0 Å². The maximum atomic E-state index is 12.1. The molecule has 0 fully saturated rings. The SMILES string of the molecule is CC[C@H](NC(=O)COc1ccc(C)c(C)c1)c1ccc(C)cc1. The molecule has 0 radical (unpaired) electrons. The minimum absolute atomic E-state index is 0.0199. The summed E-state index contributed by atoms with van der Waals surface area (Å²) in [5.41, 5.74) is 4.71. The summed E-state index contributed by atoms with van der Waals surface area (Å²) in [5.74, 6) is 0.627. The van der Waals surface area contributed by atoms with Crippen molar-refractivity contribution < 1.29 is 9.53 Å². The quantitative estimate of drug-likeness (QED) is 0.865. The highest BCUT2D eigenvalue weighted by molar-refractivity contribution is 5.78. The van der Waals surface area contributed by atoms with Crippen molar-refractivity contribution in [2.75, 3.05) is 6.61 Å². The summed E-state index contributed by atoms with van der Waals surface area (Å²) in [4.78, 5) is 12.1. The lowest BCUT2D eigenvalue weighted by Crippen LogP contribution is -2.32. The van der Waals surface area contributed by atoms with E-state index < -0.39 is 0 Å². The van der Waals surface area contributed by atoms with Crippen molar-refractivity contribution in [1.29, 1.82) is 0 Å². The van der Waals surface area contributed by atoms with Gasteiger partial charge in [0.25, 0.3) is 5.91 Å². The number of aryl methyl sites for hydroxylation is 3. The van der Waals surface area contributed by atoms with Crippen molar-refractivity contribution in [2.45, 2.75) is 40.2 Å². The van der Waals surface area contributed by atoms with E-state index in [1.807, 2.05) is 25.1 Å². The van der Waals surface area contributed by atoms with Crippen LogP contribution in [0.15, 0.2) is 42.5 Å². The van der Waals surface area contributed by atoms with E-state index in [9.17, 15) is 4.79 Å². The highest BCUT2D eigenvalue weighted by Gasteiger charge is 2.13. The Kier molecular flexibility index (Phi) is 5.80. The number of nitrogens with one attached hydrogen (secondary N) is 1. The van der Waals surface area contributed by atoms with Gasteiger partial charge < -0.3 is 10.1 Å². The Morgan fingerprint density at radius 2 is 1.74 bits per heavy atom. The molecular formula is C20H25NO2. The van der Waals surface area contributed by atoms with E-state index >= 15 is 0 Å². The Bertz CT molecular complexity index is 662. The van der Waals surface area contributed by atoms with Crippen molar-refractivity contribution in [3.8, 4) is 5.75 Å². The molecule has 23 heavy (non-hydrogen) atoms. The molecule has 1 N–H and O–H groups in total. The lowest BCUT2D eigenvalue weighted by molar-refractivity contribution is -0.123. The van der Waals surface area contributed by atoms with Crippen LogP contribution in [0.25, 0.3) is 0 Å². The maximum absolute atomic E-state index is 12.1. The number of hydrogen-bond acceptors (Lipinski definition) is 2. The maximum Gasteiger partial charge on any atom is 0.258 e. The van der Waals surface area contributed by atoms with Crippen LogP contribution in [0.3, 0.4) is 0 Å². The summed E-state index contributed by atoms with van der Waals surface area (Å²) in [7, 11) is 0. The van der Waals surface area contributed by atoms with Gasteiger partial charge in [-0.3, -0.25) is 4.79 Å². The molecule has 0 aliphatic carbocycles. The lowest BCUT2D eigenvalue weighted by atomic mass is 10.0. The van der Waals surface area contributed by atoms with Gasteiger partial charge in [0.05, 0.1) is 6.04 Å². The van der Waals surface area contributed by atoms with E-state index in [-0.39, 0.29) is 18.6 Å². The molecule has 0 unspecified atom stereocenters. The molecule has 1 amide bonds. The minimum Gasteiger partial charge on any atom is -0.484 e. The molecule has 3 nitrogen and oxygen atoms in total. The average Bonchev–Trinajstić information content (AvgIpc) is 2.54. The summed E-state index contributed by atoms with van der Waals surface area (Å²) in [6.07, 6.45) is 0.846. The summed E-state index contributed by atoms with van der Waals surface area (Å²) in [6, 6.07) is 14.1. The van der Waals surface area contributed by atoms with Crippen LogP contribution in [0.2, 0.25) is 0 Å². The van der Waals surface area contributed by atoms with Gasteiger partial charge in [0.2, 0.25) is 0 Å². The molecular weight excluding hydrogens is 286 g/mol. The Hall–Kier alpha value is -2.29. The zero-order valence-electron chi connectivity index (χ0n) is 14.3. The first-order chi connectivity index (χ1) is 11.0. The zero-order chi connectivity index (χ0) is 16.8. The number of carbonyl (C=O) groups excluding carboxylic acids is 1. The van der Waals surface area contributed by atoms with Gasteiger partial charge in [-0.05, 0) is 56.0 Å². The van der Waals surface area contributed by atoms with Crippen molar-refractivity contribution in [3.05, 3.63) is 64.7 Å². The van der Waals surface area contributed by atoms with Crippen LogP contribution in [-0.4, -0.2) is 12.5 Å². The Balaban J connectivity index is 1.92. The van der Waals surface area contributed by atoms with Crippen LogP contribution in [0, 0.1) is 20.8 Å². The van der Waals surface area contributed by atoms with Crippen LogP contribution in [0.5, 0.6) is 5.75 Å². The van der Waals surface area contributed by atoms with Crippen LogP contribution in [0.4, 0.5) is 0 Å². The smallest absolute Gasteiger partial charge is 0.258 e. The largest absolute Gasteiger partial charge is 0.484 e. The summed E-state index contributed by atoms with van der Waals surface area (Å²) in [6.45, 7) is 8.24. The topological polar surface area (TPSA) is 38.3 Å². The second-order valence-electron chi connectivity index (χ2n) is 5.97. The number of hydrogen-bond donors (Lipinski definition) is 1. The molecule has 2 aromatic rings. The standard InChI is InChI=1S/C20H25NO2/c1-5-19(17-9-6-14(2)7-10-17)21-20(22)13-23-18-11-8-15(3)16(4)12-18/h6-12,19H,5,13H2,1-4H3,(H,21,22)/t19-/m0/s1. The molecule has 3 heteroatoms. The first-order valence-corrected chi connectivity index (χ1v) is 8.05. The molecule has 0 spiro atoms. The van der Waals surface area contributed by atoms with Crippen LogP contribution in [0.1, 0.15) is 41.6 Å². The second-order valence-corrected chi connectivity index (χ2v) is 5.97. The highest BCUT2D eigenvalue weighted by atomic mass is 16.5. The van der Waals surface area contributed by atoms with Crippen LogP contribution < -0.4 is 10.1 Å². The molecule has 2 aromatic carbocycles. The molecule has 2 rings (SSSR count). The number of rotatable bonds is 6. The first kappa shape index (κ1) is 17.1. The number of carbonyl (C=O) groups is 1. The molecule has 0 saturated heterocycles. The normalized spacial score (nSPS) is 11.8. The fourth-order valence-electron chi connectivity index (χ4n) is 2.41. The second kappa shape index (κ2) is 7.82.